The number of para-hydroxylation sites is 6. The number of benzene rings is 9. The molecule has 0 unspecified atom stereocenters. The predicted octanol–water partition coefficient (Wildman–Crippen LogP) is 15.6. The van der Waals surface area contributed by atoms with E-state index in [0.29, 0.717) is 28.2 Å². The van der Waals surface area contributed by atoms with Crippen LogP contribution in [0, 0.1) is 22.7 Å². The number of hydrogen-bond acceptors (Lipinski definition) is 3. The Labute approximate surface area is 379 Å². The van der Waals surface area contributed by atoms with Crippen molar-refractivity contribution < 1.29 is 4.42 Å². The predicted molar refractivity (Wildman–Crippen MR) is 270 cm³/mol. The number of nitriles is 2. The molecule has 0 saturated carbocycles. The van der Waals surface area contributed by atoms with Gasteiger partial charge in [0.15, 0.2) is 0 Å². The van der Waals surface area contributed by atoms with Crippen molar-refractivity contribution in [2.24, 2.45) is 0 Å². The zero-order valence-electron chi connectivity index (χ0n) is 36.5. The zero-order chi connectivity index (χ0) is 44.4. The van der Waals surface area contributed by atoms with Crippen molar-refractivity contribution in [1.29, 1.82) is 10.5 Å². The molecular formula is C60H39N5O. The quantitative estimate of drug-likeness (QED) is 0.177. The lowest BCUT2D eigenvalue weighted by Crippen LogP contribution is -2.14. The molecule has 0 aliphatic carbocycles. The van der Waals surface area contributed by atoms with Crippen LogP contribution in [0.25, 0.3) is 116 Å². The fraction of sp³-hybridized carbons (Fsp3) is 0.0667. The molecule has 6 heteroatoms. The molecular weight excluding hydrogens is 807 g/mol. The van der Waals surface area contributed by atoms with Gasteiger partial charge in [-0.3, -0.25) is 0 Å². The molecule has 4 heterocycles. The molecule has 0 fully saturated rings. The second-order valence-corrected chi connectivity index (χ2v) is 18.3. The molecule has 310 valence electrons. The van der Waals surface area contributed by atoms with E-state index in [0.717, 1.165) is 98.5 Å². The van der Waals surface area contributed by atoms with Crippen molar-refractivity contribution in [3.63, 3.8) is 0 Å². The van der Waals surface area contributed by atoms with Gasteiger partial charge in [0.05, 0.1) is 50.2 Å². The van der Waals surface area contributed by atoms with E-state index in [1.54, 1.807) is 0 Å². The molecule has 13 rings (SSSR count). The van der Waals surface area contributed by atoms with E-state index >= 15 is 0 Å². The molecule has 0 spiro atoms. The SMILES string of the molecule is CC(C)(C)c1ccc(-c2c(-n3c4ccccc4c4ccccc43)c(C#N)c(-n3c4ccccc4c4cc5c(cc43)oc3ccccc35)c(C#N)c2-n2c3ccccc3c3ccccc32)cc1. The van der Waals surface area contributed by atoms with Crippen LogP contribution < -0.4 is 0 Å². The van der Waals surface area contributed by atoms with Crippen LogP contribution in [0.2, 0.25) is 0 Å². The first-order valence-electron chi connectivity index (χ1n) is 22.3. The van der Waals surface area contributed by atoms with E-state index in [2.05, 4.69) is 204 Å². The minimum atomic E-state index is -0.106. The lowest BCUT2D eigenvalue weighted by Gasteiger charge is -2.26. The third-order valence-electron chi connectivity index (χ3n) is 13.7. The normalized spacial score (nSPS) is 12.1. The number of fused-ring (bicyclic) bond motifs is 12. The minimum Gasteiger partial charge on any atom is -0.456 e. The second kappa shape index (κ2) is 13.8. The van der Waals surface area contributed by atoms with E-state index in [4.69, 9.17) is 4.42 Å². The third kappa shape index (κ3) is 5.16. The van der Waals surface area contributed by atoms with E-state index in [1.165, 1.54) is 5.56 Å². The molecule has 66 heavy (non-hydrogen) atoms. The molecule has 6 nitrogen and oxygen atoms in total. The van der Waals surface area contributed by atoms with Gasteiger partial charge in [-0.05, 0) is 59.0 Å². The average molecular weight is 846 g/mol. The molecule has 13 aromatic rings. The van der Waals surface area contributed by atoms with Crippen molar-refractivity contribution >= 4 is 87.4 Å². The van der Waals surface area contributed by atoms with Crippen molar-refractivity contribution in [1.82, 2.24) is 13.7 Å². The standard InChI is InChI=1S/C60H39N5O/c1-60(2,3)37-30-28-36(29-31-37)56-58(63-48-22-10-4-16-38(48)39-17-5-11-23-49(39)63)46(34-61)57(47(35-62)59(56)64-50-24-12-6-18-40(50)41-19-7-13-25-51(41)64)65-52-26-14-8-20-42(52)44-32-45-43-21-9-15-27-54(43)66-55(45)33-53(44)65/h4-33H,1-3H3. The summed E-state index contributed by atoms with van der Waals surface area (Å²) < 4.78 is 13.3. The molecule has 0 saturated heterocycles. The zero-order valence-corrected chi connectivity index (χ0v) is 36.5. The Morgan fingerprint density at radius 3 is 1.21 bits per heavy atom. The lowest BCUT2D eigenvalue weighted by atomic mass is 9.85. The highest BCUT2D eigenvalue weighted by Gasteiger charge is 2.33. The van der Waals surface area contributed by atoms with Gasteiger partial charge >= 0.3 is 0 Å². The molecule has 0 radical (unpaired) electrons. The summed E-state index contributed by atoms with van der Waals surface area (Å²) in [5.41, 5.74) is 12.5. The van der Waals surface area contributed by atoms with Crippen LogP contribution in [-0.2, 0) is 5.41 Å². The van der Waals surface area contributed by atoms with Gasteiger partial charge in [0.2, 0.25) is 0 Å². The first-order chi connectivity index (χ1) is 32.3. The van der Waals surface area contributed by atoms with Crippen LogP contribution in [0.15, 0.2) is 186 Å². The minimum absolute atomic E-state index is 0.106. The first kappa shape index (κ1) is 37.7. The second-order valence-electron chi connectivity index (χ2n) is 18.3. The summed E-state index contributed by atoms with van der Waals surface area (Å²) in [7, 11) is 0. The Hall–Kier alpha value is -8.84. The smallest absolute Gasteiger partial charge is 0.137 e. The molecule has 4 aromatic heterocycles. The molecule has 0 atom stereocenters. The van der Waals surface area contributed by atoms with Gasteiger partial charge in [0.25, 0.3) is 0 Å². The highest BCUT2D eigenvalue weighted by molar-refractivity contribution is 6.19. The molecule has 0 aliphatic heterocycles. The van der Waals surface area contributed by atoms with Crippen LogP contribution in [0.3, 0.4) is 0 Å². The fourth-order valence-electron chi connectivity index (χ4n) is 10.8. The first-order valence-corrected chi connectivity index (χ1v) is 22.3. The highest BCUT2D eigenvalue weighted by Crippen LogP contribution is 2.49. The van der Waals surface area contributed by atoms with Crippen LogP contribution in [-0.4, -0.2) is 13.7 Å². The molecule has 0 bridgehead atoms. The third-order valence-corrected chi connectivity index (χ3v) is 13.7. The van der Waals surface area contributed by atoms with Gasteiger partial charge in [0.1, 0.15) is 34.4 Å². The highest BCUT2D eigenvalue weighted by atomic mass is 16.3. The maximum Gasteiger partial charge on any atom is 0.137 e. The average Bonchev–Trinajstić information content (AvgIpc) is 4.08. The Morgan fingerprint density at radius 1 is 0.379 bits per heavy atom. The summed E-state index contributed by atoms with van der Waals surface area (Å²) >= 11 is 0. The molecule has 0 N–H and O–H groups in total. The Bertz CT molecular complexity index is 4030. The van der Waals surface area contributed by atoms with Crippen molar-refractivity contribution in [3.05, 3.63) is 199 Å². The summed E-state index contributed by atoms with van der Waals surface area (Å²) in [5.74, 6) is 0. The Kier molecular flexibility index (Phi) is 7.90. The number of rotatable bonds is 4. The maximum absolute atomic E-state index is 12.1. The number of hydrogen-bond donors (Lipinski definition) is 0. The number of aromatic nitrogens is 3. The van der Waals surface area contributed by atoms with Gasteiger partial charge in [-0.25, -0.2) is 0 Å². The van der Waals surface area contributed by atoms with Crippen LogP contribution in [0.4, 0.5) is 0 Å². The molecule has 9 aromatic carbocycles. The van der Waals surface area contributed by atoms with Crippen LogP contribution in [0.1, 0.15) is 37.5 Å². The van der Waals surface area contributed by atoms with Crippen molar-refractivity contribution in [2.45, 2.75) is 26.2 Å². The number of nitrogens with zero attached hydrogens (tertiary/aromatic N) is 5. The summed E-state index contributed by atoms with van der Waals surface area (Å²) in [6.07, 6.45) is 0. The molecule has 0 amide bonds. The summed E-state index contributed by atoms with van der Waals surface area (Å²) in [6.45, 7) is 6.66. The van der Waals surface area contributed by atoms with Crippen LogP contribution in [0.5, 0.6) is 0 Å². The molecule has 0 aliphatic rings. The maximum atomic E-state index is 12.1. The van der Waals surface area contributed by atoms with Crippen molar-refractivity contribution in [3.8, 4) is 40.3 Å². The van der Waals surface area contributed by atoms with E-state index in [-0.39, 0.29) is 5.41 Å². The Balaban J connectivity index is 1.32. The monoisotopic (exact) mass is 845 g/mol. The number of furan rings is 1. The largest absolute Gasteiger partial charge is 0.456 e. The van der Waals surface area contributed by atoms with Gasteiger partial charge < -0.3 is 18.1 Å². The van der Waals surface area contributed by atoms with Gasteiger partial charge in [0, 0.05) is 54.7 Å². The summed E-state index contributed by atoms with van der Waals surface area (Å²) in [5, 5.41) is 32.6. The fourth-order valence-corrected chi connectivity index (χ4v) is 10.8. The van der Waals surface area contributed by atoms with E-state index in [1.807, 2.05) is 24.3 Å². The van der Waals surface area contributed by atoms with Crippen molar-refractivity contribution in [2.75, 3.05) is 0 Å². The summed E-state index contributed by atoms with van der Waals surface area (Å²) in [6, 6.07) is 68.8. The van der Waals surface area contributed by atoms with Gasteiger partial charge in [-0.15, -0.1) is 0 Å². The lowest BCUT2D eigenvalue weighted by molar-refractivity contribution is 0.590. The van der Waals surface area contributed by atoms with Gasteiger partial charge in [-0.1, -0.05) is 154 Å². The van der Waals surface area contributed by atoms with E-state index < -0.39 is 0 Å². The van der Waals surface area contributed by atoms with E-state index in [9.17, 15) is 10.5 Å². The van der Waals surface area contributed by atoms with Crippen LogP contribution >= 0.6 is 0 Å². The topological polar surface area (TPSA) is 75.5 Å². The summed E-state index contributed by atoms with van der Waals surface area (Å²) in [4.78, 5) is 0. The Morgan fingerprint density at radius 2 is 0.773 bits per heavy atom. The van der Waals surface area contributed by atoms with Gasteiger partial charge in [-0.2, -0.15) is 10.5 Å².